The summed E-state index contributed by atoms with van der Waals surface area (Å²) in [6.07, 6.45) is 4.85. The summed E-state index contributed by atoms with van der Waals surface area (Å²) in [5.74, 6) is 0.0700. The number of nitrogens with zero attached hydrogens (tertiary/aromatic N) is 1. The van der Waals surface area contributed by atoms with Crippen molar-refractivity contribution >= 4 is 22.5 Å². The van der Waals surface area contributed by atoms with Gasteiger partial charge >= 0.3 is 0 Å². The fourth-order valence-electron chi connectivity index (χ4n) is 2.44. The van der Waals surface area contributed by atoms with E-state index in [0.29, 0.717) is 17.8 Å². The molecule has 0 fully saturated rings. The first-order valence-corrected chi connectivity index (χ1v) is 6.46. The lowest BCUT2D eigenvalue weighted by atomic mass is 10.1. The SMILES string of the molecule is CC1=CCN(C(=O)c2c[nH]c3ccc(N)cc23)CC1. The smallest absolute Gasteiger partial charge is 0.256 e. The van der Waals surface area contributed by atoms with E-state index in [1.54, 1.807) is 6.20 Å². The zero-order chi connectivity index (χ0) is 13.4. The van der Waals surface area contributed by atoms with E-state index in [9.17, 15) is 4.79 Å². The van der Waals surface area contributed by atoms with Crippen LogP contribution in [0.25, 0.3) is 10.9 Å². The van der Waals surface area contributed by atoms with Crippen LogP contribution in [0.5, 0.6) is 0 Å². The van der Waals surface area contributed by atoms with Crippen LogP contribution < -0.4 is 5.73 Å². The van der Waals surface area contributed by atoms with Gasteiger partial charge < -0.3 is 15.6 Å². The van der Waals surface area contributed by atoms with Gasteiger partial charge in [-0.15, -0.1) is 0 Å². The van der Waals surface area contributed by atoms with Crippen LogP contribution >= 0.6 is 0 Å². The zero-order valence-corrected chi connectivity index (χ0v) is 10.9. The minimum atomic E-state index is 0.0700. The highest BCUT2D eigenvalue weighted by atomic mass is 16.2. The van der Waals surface area contributed by atoms with Gasteiger partial charge in [-0.3, -0.25) is 4.79 Å². The molecule has 1 aromatic heterocycles. The number of nitrogen functional groups attached to an aromatic ring is 1. The maximum atomic E-state index is 12.5. The minimum absolute atomic E-state index is 0.0700. The second-order valence-corrected chi connectivity index (χ2v) is 5.06. The average Bonchev–Trinajstić information content (AvgIpc) is 2.81. The highest BCUT2D eigenvalue weighted by Gasteiger charge is 2.20. The van der Waals surface area contributed by atoms with Crippen molar-refractivity contribution < 1.29 is 4.79 Å². The van der Waals surface area contributed by atoms with Gasteiger partial charge in [0, 0.05) is 35.9 Å². The summed E-state index contributed by atoms with van der Waals surface area (Å²) in [5.41, 5.74) is 9.48. The Bertz CT molecular complexity index is 669. The molecule has 1 aliphatic rings. The van der Waals surface area contributed by atoms with E-state index in [1.165, 1.54) is 5.57 Å². The molecule has 4 nitrogen and oxygen atoms in total. The topological polar surface area (TPSA) is 62.1 Å². The van der Waals surface area contributed by atoms with Crippen LogP contribution in [0, 0.1) is 0 Å². The van der Waals surface area contributed by atoms with E-state index >= 15 is 0 Å². The Morgan fingerprint density at radius 1 is 1.42 bits per heavy atom. The summed E-state index contributed by atoms with van der Waals surface area (Å²) >= 11 is 0. The Morgan fingerprint density at radius 3 is 3.00 bits per heavy atom. The highest BCUT2D eigenvalue weighted by molar-refractivity contribution is 6.07. The van der Waals surface area contributed by atoms with Crippen molar-refractivity contribution in [2.45, 2.75) is 13.3 Å². The highest BCUT2D eigenvalue weighted by Crippen LogP contribution is 2.23. The van der Waals surface area contributed by atoms with Gasteiger partial charge in [0.05, 0.1) is 5.56 Å². The van der Waals surface area contributed by atoms with Crippen molar-refractivity contribution in [1.29, 1.82) is 0 Å². The Morgan fingerprint density at radius 2 is 2.26 bits per heavy atom. The zero-order valence-electron chi connectivity index (χ0n) is 10.9. The van der Waals surface area contributed by atoms with Gasteiger partial charge in [0.15, 0.2) is 0 Å². The molecular formula is C15H17N3O. The van der Waals surface area contributed by atoms with E-state index < -0.39 is 0 Å². The number of aromatic nitrogens is 1. The van der Waals surface area contributed by atoms with Gasteiger partial charge in [0.1, 0.15) is 0 Å². The number of H-pyrrole nitrogens is 1. The molecule has 0 unspecified atom stereocenters. The number of nitrogens with two attached hydrogens (primary N) is 1. The van der Waals surface area contributed by atoms with Gasteiger partial charge in [-0.2, -0.15) is 0 Å². The largest absolute Gasteiger partial charge is 0.399 e. The minimum Gasteiger partial charge on any atom is -0.399 e. The number of fused-ring (bicyclic) bond motifs is 1. The van der Waals surface area contributed by atoms with Crippen molar-refractivity contribution in [2.24, 2.45) is 0 Å². The van der Waals surface area contributed by atoms with Crippen LogP contribution in [0.15, 0.2) is 36.0 Å². The van der Waals surface area contributed by atoms with Crippen LogP contribution in [-0.2, 0) is 0 Å². The predicted octanol–water partition coefficient (Wildman–Crippen LogP) is 2.54. The Balaban J connectivity index is 1.96. The molecule has 19 heavy (non-hydrogen) atoms. The van der Waals surface area contributed by atoms with E-state index in [0.717, 1.165) is 23.9 Å². The summed E-state index contributed by atoms with van der Waals surface area (Å²) in [5, 5.41) is 0.899. The van der Waals surface area contributed by atoms with Crippen LogP contribution in [0.4, 0.5) is 5.69 Å². The monoisotopic (exact) mass is 255 g/mol. The molecule has 4 heteroatoms. The first kappa shape index (κ1) is 11.8. The molecule has 1 aromatic carbocycles. The first-order chi connectivity index (χ1) is 9.15. The molecule has 2 heterocycles. The van der Waals surface area contributed by atoms with Crippen molar-refractivity contribution in [3.63, 3.8) is 0 Å². The number of benzene rings is 1. The normalized spacial score (nSPS) is 15.6. The number of nitrogens with one attached hydrogen (secondary N) is 1. The Kier molecular flexibility index (Phi) is 2.78. The van der Waals surface area contributed by atoms with Gasteiger partial charge in [-0.1, -0.05) is 11.6 Å². The number of aromatic amines is 1. The maximum Gasteiger partial charge on any atom is 0.256 e. The van der Waals surface area contributed by atoms with E-state index in [2.05, 4.69) is 18.0 Å². The molecule has 0 radical (unpaired) electrons. The average molecular weight is 255 g/mol. The summed E-state index contributed by atoms with van der Waals surface area (Å²) in [4.78, 5) is 17.5. The van der Waals surface area contributed by atoms with Gasteiger partial charge in [-0.25, -0.2) is 0 Å². The summed E-state index contributed by atoms with van der Waals surface area (Å²) in [6.45, 7) is 3.59. The Labute approximate surface area is 111 Å². The summed E-state index contributed by atoms with van der Waals surface area (Å²) in [7, 11) is 0. The lowest BCUT2D eigenvalue weighted by molar-refractivity contribution is 0.0771. The predicted molar refractivity (Wildman–Crippen MR) is 77.0 cm³/mol. The second kappa shape index (κ2) is 4.46. The van der Waals surface area contributed by atoms with Gasteiger partial charge in [0.25, 0.3) is 5.91 Å². The standard InChI is InChI=1S/C15H17N3O/c1-10-4-6-18(7-5-10)15(19)13-9-17-14-3-2-11(16)8-12(13)14/h2-4,8-9,17H,5-7,16H2,1H3. The van der Waals surface area contributed by atoms with E-state index in [1.807, 2.05) is 23.1 Å². The van der Waals surface area contributed by atoms with Gasteiger partial charge in [0.2, 0.25) is 0 Å². The van der Waals surface area contributed by atoms with Gasteiger partial charge in [-0.05, 0) is 31.5 Å². The number of hydrogen-bond acceptors (Lipinski definition) is 2. The summed E-state index contributed by atoms with van der Waals surface area (Å²) < 4.78 is 0. The Hall–Kier alpha value is -2.23. The number of rotatable bonds is 1. The lowest BCUT2D eigenvalue weighted by Gasteiger charge is -2.25. The molecular weight excluding hydrogens is 238 g/mol. The van der Waals surface area contributed by atoms with Crippen LogP contribution in [-0.4, -0.2) is 28.9 Å². The van der Waals surface area contributed by atoms with Crippen LogP contribution in [0.3, 0.4) is 0 Å². The molecule has 0 bridgehead atoms. The number of carbonyl (C=O) groups is 1. The molecule has 98 valence electrons. The first-order valence-electron chi connectivity index (χ1n) is 6.46. The number of hydrogen-bond donors (Lipinski definition) is 2. The molecule has 0 saturated heterocycles. The second-order valence-electron chi connectivity index (χ2n) is 5.06. The fraction of sp³-hybridized carbons (Fsp3) is 0.267. The number of amides is 1. The van der Waals surface area contributed by atoms with Crippen LogP contribution in [0.2, 0.25) is 0 Å². The third kappa shape index (κ3) is 2.10. The van der Waals surface area contributed by atoms with Crippen molar-refractivity contribution in [1.82, 2.24) is 9.88 Å². The molecule has 0 saturated carbocycles. The third-order valence-electron chi connectivity index (χ3n) is 3.66. The quantitative estimate of drug-likeness (QED) is 0.607. The molecule has 2 aromatic rings. The maximum absolute atomic E-state index is 12.5. The molecule has 3 N–H and O–H groups in total. The molecule has 0 atom stereocenters. The number of anilines is 1. The van der Waals surface area contributed by atoms with E-state index in [4.69, 9.17) is 5.73 Å². The molecule has 3 rings (SSSR count). The molecule has 0 spiro atoms. The van der Waals surface area contributed by atoms with E-state index in [-0.39, 0.29) is 5.91 Å². The van der Waals surface area contributed by atoms with Crippen molar-refractivity contribution in [3.8, 4) is 0 Å². The van der Waals surface area contributed by atoms with Crippen LogP contribution in [0.1, 0.15) is 23.7 Å². The molecule has 1 aliphatic heterocycles. The third-order valence-corrected chi connectivity index (χ3v) is 3.66. The lowest BCUT2D eigenvalue weighted by Crippen LogP contribution is -2.34. The van der Waals surface area contributed by atoms with Crippen molar-refractivity contribution in [3.05, 3.63) is 41.6 Å². The number of carbonyl (C=O) groups excluding carboxylic acids is 1. The molecule has 1 amide bonds. The van der Waals surface area contributed by atoms with Crippen molar-refractivity contribution in [2.75, 3.05) is 18.8 Å². The summed E-state index contributed by atoms with van der Waals surface area (Å²) in [6, 6.07) is 5.59. The molecule has 0 aliphatic carbocycles. The fourth-order valence-corrected chi connectivity index (χ4v) is 2.44.